The first kappa shape index (κ1) is 16.0. The predicted molar refractivity (Wildman–Crippen MR) is 92.9 cm³/mol. The first-order chi connectivity index (χ1) is 9.88. The molecule has 0 aliphatic heterocycles. The smallest absolute Gasteiger partial charge is 0.0824 e. The molecule has 0 amide bonds. The fraction of sp³-hybridized carbons (Fsp3) is 0.588. The lowest BCUT2D eigenvalue weighted by molar-refractivity contribution is 0.609. The highest BCUT2D eigenvalue weighted by atomic mass is 32.1. The molecule has 0 radical (unpaired) electrons. The van der Waals surface area contributed by atoms with Gasteiger partial charge in [0.15, 0.2) is 0 Å². The largest absolute Gasteiger partial charge is 0.397 e. The molecule has 1 aromatic carbocycles. The molecule has 1 unspecified atom stereocenters. The van der Waals surface area contributed by atoms with Crippen molar-refractivity contribution in [1.82, 2.24) is 0 Å². The van der Waals surface area contributed by atoms with Gasteiger partial charge in [-0.25, -0.2) is 0 Å². The van der Waals surface area contributed by atoms with Crippen molar-refractivity contribution in [2.45, 2.75) is 44.3 Å². The average Bonchev–Trinajstić information content (AvgIpc) is 3.17. The SMILES string of the molecule is CC(C)CN(CC(C)S)c1ccc(C2(C#N)CC2)cc1N. The lowest BCUT2D eigenvalue weighted by Crippen LogP contribution is -2.33. The van der Waals surface area contributed by atoms with Crippen LogP contribution >= 0.6 is 12.6 Å². The number of nitrogens with two attached hydrogens (primary N) is 1. The quantitative estimate of drug-likeness (QED) is 0.623. The van der Waals surface area contributed by atoms with Crippen molar-refractivity contribution >= 4 is 24.0 Å². The Balaban J connectivity index is 2.27. The summed E-state index contributed by atoms with van der Waals surface area (Å²) in [6.07, 6.45) is 1.90. The van der Waals surface area contributed by atoms with Gasteiger partial charge < -0.3 is 10.6 Å². The van der Waals surface area contributed by atoms with E-state index in [9.17, 15) is 5.26 Å². The van der Waals surface area contributed by atoms with Gasteiger partial charge in [-0.05, 0) is 36.5 Å². The Morgan fingerprint density at radius 1 is 1.33 bits per heavy atom. The molecule has 114 valence electrons. The molecule has 3 nitrogen and oxygen atoms in total. The van der Waals surface area contributed by atoms with Crippen LogP contribution in [-0.4, -0.2) is 18.3 Å². The molecular formula is C17H25N3S. The lowest BCUT2D eigenvalue weighted by Gasteiger charge is -2.29. The Morgan fingerprint density at radius 3 is 2.43 bits per heavy atom. The minimum atomic E-state index is -0.271. The molecule has 2 rings (SSSR count). The van der Waals surface area contributed by atoms with Gasteiger partial charge in [-0.15, -0.1) is 0 Å². The van der Waals surface area contributed by atoms with Crippen molar-refractivity contribution in [2.75, 3.05) is 23.7 Å². The van der Waals surface area contributed by atoms with Gasteiger partial charge in [0.05, 0.1) is 22.9 Å². The highest BCUT2D eigenvalue weighted by Gasteiger charge is 2.45. The predicted octanol–water partition coefficient (Wildman–Crippen LogP) is 3.60. The topological polar surface area (TPSA) is 53.0 Å². The van der Waals surface area contributed by atoms with Gasteiger partial charge in [-0.1, -0.05) is 26.8 Å². The molecule has 0 spiro atoms. The number of hydrogen-bond acceptors (Lipinski definition) is 4. The first-order valence-electron chi connectivity index (χ1n) is 7.62. The van der Waals surface area contributed by atoms with Gasteiger partial charge in [0, 0.05) is 18.3 Å². The van der Waals surface area contributed by atoms with E-state index in [1.807, 2.05) is 6.07 Å². The second-order valence-electron chi connectivity index (χ2n) is 6.62. The van der Waals surface area contributed by atoms with E-state index < -0.39 is 0 Å². The van der Waals surface area contributed by atoms with Crippen LogP contribution in [0.5, 0.6) is 0 Å². The van der Waals surface area contributed by atoms with E-state index in [0.29, 0.717) is 5.92 Å². The fourth-order valence-electron chi connectivity index (χ4n) is 2.76. The van der Waals surface area contributed by atoms with Crippen molar-refractivity contribution in [2.24, 2.45) is 5.92 Å². The van der Waals surface area contributed by atoms with Crippen LogP contribution in [0.25, 0.3) is 0 Å². The number of hydrogen-bond donors (Lipinski definition) is 2. The lowest BCUT2D eigenvalue weighted by atomic mass is 9.96. The van der Waals surface area contributed by atoms with Gasteiger partial charge in [0.2, 0.25) is 0 Å². The molecule has 1 aliphatic carbocycles. The summed E-state index contributed by atoms with van der Waals surface area (Å²) in [7, 11) is 0. The number of nitriles is 1. The third kappa shape index (κ3) is 3.65. The molecule has 1 fully saturated rings. The zero-order valence-electron chi connectivity index (χ0n) is 13.1. The highest BCUT2D eigenvalue weighted by Crippen LogP contribution is 2.48. The number of nitrogens with zero attached hydrogens (tertiary/aromatic N) is 2. The second kappa shape index (κ2) is 6.19. The van der Waals surface area contributed by atoms with Crippen LogP contribution in [-0.2, 0) is 5.41 Å². The van der Waals surface area contributed by atoms with Crippen LogP contribution < -0.4 is 10.6 Å². The zero-order chi connectivity index (χ0) is 15.6. The zero-order valence-corrected chi connectivity index (χ0v) is 14.0. The number of thiol groups is 1. The third-order valence-electron chi connectivity index (χ3n) is 3.95. The molecule has 1 saturated carbocycles. The molecule has 1 aromatic rings. The molecule has 0 aromatic heterocycles. The van der Waals surface area contributed by atoms with Crippen LogP contribution in [0.3, 0.4) is 0 Å². The van der Waals surface area contributed by atoms with E-state index in [1.54, 1.807) is 0 Å². The van der Waals surface area contributed by atoms with E-state index in [0.717, 1.165) is 42.9 Å². The normalized spacial score (nSPS) is 17.3. The summed E-state index contributed by atoms with van der Waals surface area (Å²) >= 11 is 4.51. The first-order valence-corrected chi connectivity index (χ1v) is 8.14. The summed E-state index contributed by atoms with van der Waals surface area (Å²) in [6, 6.07) is 8.55. The number of anilines is 2. The number of benzene rings is 1. The Bertz CT molecular complexity index is 531. The van der Waals surface area contributed by atoms with E-state index in [2.05, 4.69) is 56.5 Å². The van der Waals surface area contributed by atoms with Crippen LogP contribution in [0.15, 0.2) is 18.2 Å². The summed E-state index contributed by atoms with van der Waals surface area (Å²) in [5, 5.41) is 9.59. The molecule has 0 heterocycles. The molecule has 1 aliphatic rings. The molecule has 21 heavy (non-hydrogen) atoms. The summed E-state index contributed by atoms with van der Waals surface area (Å²) in [5.74, 6) is 0.560. The van der Waals surface area contributed by atoms with E-state index in [4.69, 9.17) is 5.73 Å². The summed E-state index contributed by atoms with van der Waals surface area (Å²) in [5.41, 5.74) is 8.89. The summed E-state index contributed by atoms with van der Waals surface area (Å²) in [4.78, 5) is 2.30. The fourth-order valence-corrected chi connectivity index (χ4v) is 2.96. The Labute approximate surface area is 133 Å². The molecular weight excluding hydrogens is 278 g/mol. The van der Waals surface area contributed by atoms with Crippen LogP contribution in [0.4, 0.5) is 11.4 Å². The molecule has 0 saturated heterocycles. The molecule has 2 N–H and O–H groups in total. The Hall–Kier alpha value is -1.34. The van der Waals surface area contributed by atoms with Crippen LogP contribution in [0, 0.1) is 17.2 Å². The van der Waals surface area contributed by atoms with E-state index >= 15 is 0 Å². The van der Waals surface area contributed by atoms with Crippen LogP contribution in [0.1, 0.15) is 39.2 Å². The number of rotatable bonds is 6. The van der Waals surface area contributed by atoms with E-state index in [-0.39, 0.29) is 10.7 Å². The van der Waals surface area contributed by atoms with Gasteiger partial charge in [-0.2, -0.15) is 17.9 Å². The van der Waals surface area contributed by atoms with Gasteiger partial charge >= 0.3 is 0 Å². The highest BCUT2D eigenvalue weighted by molar-refractivity contribution is 7.80. The Morgan fingerprint density at radius 2 is 2.00 bits per heavy atom. The van der Waals surface area contributed by atoms with Crippen molar-refractivity contribution in [3.05, 3.63) is 23.8 Å². The van der Waals surface area contributed by atoms with Crippen molar-refractivity contribution in [3.8, 4) is 6.07 Å². The molecule has 0 bridgehead atoms. The van der Waals surface area contributed by atoms with Gasteiger partial charge in [-0.3, -0.25) is 0 Å². The second-order valence-corrected chi connectivity index (χ2v) is 7.50. The van der Waals surface area contributed by atoms with Crippen molar-refractivity contribution in [3.63, 3.8) is 0 Å². The molecule has 1 atom stereocenters. The maximum Gasteiger partial charge on any atom is 0.0824 e. The maximum atomic E-state index is 9.31. The van der Waals surface area contributed by atoms with Crippen LogP contribution in [0.2, 0.25) is 0 Å². The third-order valence-corrected chi connectivity index (χ3v) is 4.12. The summed E-state index contributed by atoms with van der Waals surface area (Å²) in [6.45, 7) is 8.33. The maximum absolute atomic E-state index is 9.31. The van der Waals surface area contributed by atoms with Gasteiger partial charge in [0.1, 0.15) is 0 Å². The molecule has 4 heteroatoms. The summed E-state index contributed by atoms with van der Waals surface area (Å²) < 4.78 is 0. The average molecular weight is 303 g/mol. The monoisotopic (exact) mass is 303 g/mol. The van der Waals surface area contributed by atoms with Gasteiger partial charge in [0.25, 0.3) is 0 Å². The Kier molecular flexibility index (Phi) is 4.73. The number of nitrogen functional groups attached to an aromatic ring is 1. The van der Waals surface area contributed by atoms with E-state index in [1.165, 1.54) is 0 Å². The van der Waals surface area contributed by atoms with Crippen molar-refractivity contribution in [1.29, 1.82) is 5.26 Å². The standard InChI is InChI=1S/C17H25N3S/c1-12(2)9-20(10-13(3)21)16-5-4-14(8-15(16)19)17(11-18)6-7-17/h4-5,8,12-13,21H,6-7,9-10,19H2,1-3H3. The minimum absolute atomic E-state index is 0.271. The minimum Gasteiger partial charge on any atom is -0.397 e. The van der Waals surface area contributed by atoms with Crippen molar-refractivity contribution < 1.29 is 0 Å².